The van der Waals surface area contributed by atoms with E-state index in [1.165, 1.54) is 6.42 Å². The van der Waals surface area contributed by atoms with Crippen LogP contribution in [0.25, 0.3) is 0 Å². The predicted molar refractivity (Wildman–Crippen MR) is 64.1 cm³/mol. The molecule has 1 aliphatic heterocycles. The Balaban J connectivity index is 1.96. The van der Waals surface area contributed by atoms with Gasteiger partial charge >= 0.3 is 0 Å². The summed E-state index contributed by atoms with van der Waals surface area (Å²) < 4.78 is 5.54. The molecular weight excluding hydrogens is 204 g/mol. The maximum Gasteiger partial charge on any atom is 0.220 e. The fourth-order valence-electron chi connectivity index (χ4n) is 1.89. The number of carbonyl (C=O) groups excluding carboxylic acids is 1. The minimum absolute atomic E-state index is 0.145. The Hall–Kier alpha value is -0.610. The average molecular weight is 228 g/mol. The smallest absolute Gasteiger partial charge is 0.220 e. The fourth-order valence-corrected chi connectivity index (χ4v) is 1.89. The number of nitrogens with two attached hydrogens (primary N) is 1. The Kier molecular flexibility index (Phi) is 7.17. The number of amides is 1. The summed E-state index contributed by atoms with van der Waals surface area (Å²) in [5.41, 5.74) is 5.38. The summed E-state index contributed by atoms with van der Waals surface area (Å²) in [7, 11) is 0. The summed E-state index contributed by atoms with van der Waals surface area (Å²) in [4.78, 5) is 11.5. The average Bonchev–Trinajstić information content (AvgIpc) is 2.33. The normalized spacial score (nSPS) is 20.7. The van der Waals surface area contributed by atoms with Crippen LogP contribution >= 0.6 is 0 Å². The molecule has 0 bridgehead atoms. The number of hydrogen-bond donors (Lipinski definition) is 2. The number of carbonyl (C=O) groups is 1. The first kappa shape index (κ1) is 13.5. The van der Waals surface area contributed by atoms with Gasteiger partial charge in [0.15, 0.2) is 0 Å². The van der Waals surface area contributed by atoms with Crippen molar-refractivity contribution >= 4 is 5.91 Å². The second-order valence-corrected chi connectivity index (χ2v) is 4.39. The monoisotopic (exact) mass is 228 g/mol. The minimum atomic E-state index is 0.145. The summed E-state index contributed by atoms with van der Waals surface area (Å²) in [5, 5.41) is 2.93. The molecule has 0 aliphatic carbocycles. The molecule has 16 heavy (non-hydrogen) atoms. The molecule has 1 atom stereocenters. The van der Waals surface area contributed by atoms with Crippen LogP contribution in [-0.4, -0.2) is 31.7 Å². The Morgan fingerprint density at radius 3 is 2.88 bits per heavy atom. The maximum absolute atomic E-state index is 11.5. The highest BCUT2D eigenvalue weighted by Gasteiger charge is 2.14. The van der Waals surface area contributed by atoms with Gasteiger partial charge in [-0.05, 0) is 38.6 Å². The largest absolute Gasteiger partial charge is 0.376 e. The van der Waals surface area contributed by atoms with Gasteiger partial charge in [0, 0.05) is 19.6 Å². The van der Waals surface area contributed by atoms with E-state index in [9.17, 15) is 4.79 Å². The van der Waals surface area contributed by atoms with Gasteiger partial charge < -0.3 is 15.8 Å². The van der Waals surface area contributed by atoms with E-state index in [0.29, 0.717) is 13.0 Å². The van der Waals surface area contributed by atoms with E-state index in [1.807, 2.05) is 0 Å². The van der Waals surface area contributed by atoms with Gasteiger partial charge in [0.05, 0.1) is 6.10 Å². The molecular formula is C12H24N2O2. The third-order valence-corrected chi connectivity index (χ3v) is 2.91. The second-order valence-electron chi connectivity index (χ2n) is 4.39. The van der Waals surface area contributed by atoms with Gasteiger partial charge in [0.2, 0.25) is 5.91 Å². The van der Waals surface area contributed by atoms with Gasteiger partial charge in [-0.15, -0.1) is 0 Å². The molecule has 1 heterocycles. The van der Waals surface area contributed by atoms with Crippen molar-refractivity contribution in [2.75, 3.05) is 19.7 Å². The van der Waals surface area contributed by atoms with E-state index in [0.717, 1.165) is 45.3 Å². The Bertz CT molecular complexity index is 191. The van der Waals surface area contributed by atoms with E-state index < -0.39 is 0 Å². The number of nitrogens with one attached hydrogen (secondary N) is 1. The molecule has 1 amide bonds. The van der Waals surface area contributed by atoms with E-state index >= 15 is 0 Å². The van der Waals surface area contributed by atoms with E-state index in [1.54, 1.807) is 0 Å². The first-order valence-corrected chi connectivity index (χ1v) is 6.41. The van der Waals surface area contributed by atoms with Gasteiger partial charge in [0.1, 0.15) is 0 Å². The lowest BCUT2D eigenvalue weighted by Crippen LogP contribution is -2.35. The van der Waals surface area contributed by atoms with Gasteiger partial charge in [-0.3, -0.25) is 4.79 Å². The van der Waals surface area contributed by atoms with E-state index in [2.05, 4.69) is 5.32 Å². The zero-order valence-electron chi connectivity index (χ0n) is 10.0. The van der Waals surface area contributed by atoms with Crippen LogP contribution < -0.4 is 11.1 Å². The molecule has 0 saturated carbocycles. The van der Waals surface area contributed by atoms with Crippen molar-refractivity contribution in [3.8, 4) is 0 Å². The molecule has 94 valence electrons. The van der Waals surface area contributed by atoms with Crippen molar-refractivity contribution in [3.05, 3.63) is 0 Å². The minimum Gasteiger partial charge on any atom is -0.376 e. The highest BCUT2D eigenvalue weighted by molar-refractivity contribution is 5.75. The topological polar surface area (TPSA) is 64.4 Å². The van der Waals surface area contributed by atoms with Crippen molar-refractivity contribution in [3.63, 3.8) is 0 Å². The highest BCUT2D eigenvalue weighted by atomic mass is 16.5. The molecule has 4 heteroatoms. The van der Waals surface area contributed by atoms with Gasteiger partial charge in [-0.2, -0.15) is 0 Å². The van der Waals surface area contributed by atoms with E-state index in [4.69, 9.17) is 10.5 Å². The van der Waals surface area contributed by atoms with Gasteiger partial charge in [0.25, 0.3) is 0 Å². The number of unbranched alkanes of at least 4 members (excludes halogenated alkanes) is 2. The van der Waals surface area contributed by atoms with Crippen molar-refractivity contribution in [1.29, 1.82) is 0 Å². The van der Waals surface area contributed by atoms with Gasteiger partial charge in [-0.1, -0.05) is 6.42 Å². The van der Waals surface area contributed by atoms with Crippen LogP contribution in [0.2, 0.25) is 0 Å². The lowest BCUT2D eigenvalue weighted by atomic mass is 10.1. The molecule has 1 saturated heterocycles. The van der Waals surface area contributed by atoms with Crippen LogP contribution in [-0.2, 0) is 9.53 Å². The van der Waals surface area contributed by atoms with Crippen LogP contribution in [0.3, 0.4) is 0 Å². The molecule has 0 aromatic carbocycles. The first-order valence-electron chi connectivity index (χ1n) is 6.41. The van der Waals surface area contributed by atoms with Crippen molar-refractivity contribution in [2.45, 2.75) is 51.0 Å². The zero-order chi connectivity index (χ0) is 11.6. The zero-order valence-corrected chi connectivity index (χ0v) is 10.0. The van der Waals surface area contributed by atoms with Crippen molar-refractivity contribution in [2.24, 2.45) is 5.73 Å². The third kappa shape index (κ3) is 6.08. The Morgan fingerprint density at radius 1 is 1.31 bits per heavy atom. The Morgan fingerprint density at radius 2 is 2.19 bits per heavy atom. The van der Waals surface area contributed by atoms with Gasteiger partial charge in [-0.25, -0.2) is 0 Å². The number of rotatable bonds is 7. The quantitative estimate of drug-likeness (QED) is 0.643. The number of hydrogen-bond acceptors (Lipinski definition) is 3. The summed E-state index contributed by atoms with van der Waals surface area (Å²) in [6.45, 7) is 2.24. The molecule has 4 nitrogen and oxygen atoms in total. The maximum atomic E-state index is 11.5. The van der Waals surface area contributed by atoms with Crippen LogP contribution in [0.1, 0.15) is 44.9 Å². The van der Waals surface area contributed by atoms with E-state index in [-0.39, 0.29) is 12.0 Å². The molecule has 1 unspecified atom stereocenters. The molecule has 1 fully saturated rings. The summed E-state index contributed by atoms with van der Waals surface area (Å²) in [5.74, 6) is 0.145. The lowest BCUT2D eigenvalue weighted by molar-refractivity contribution is -0.122. The summed E-state index contributed by atoms with van der Waals surface area (Å²) in [6.07, 6.45) is 7.31. The molecule has 3 N–H and O–H groups in total. The van der Waals surface area contributed by atoms with Crippen LogP contribution in [0.5, 0.6) is 0 Å². The Labute approximate surface area is 97.9 Å². The molecule has 0 aromatic heterocycles. The van der Waals surface area contributed by atoms with Crippen LogP contribution in [0.4, 0.5) is 0 Å². The third-order valence-electron chi connectivity index (χ3n) is 2.91. The molecule has 0 spiro atoms. The number of ether oxygens (including phenoxy) is 1. The highest BCUT2D eigenvalue weighted by Crippen LogP contribution is 2.11. The molecule has 1 rings (SSSR count). The summed E-state index contributed by atoms with van der Waals surface area (Å²) >= 11 is 0. The lowest BCUT2D eigenvalue weighted by Gasteiger charge is -2.22. The second kappa shape index (κ2) is 8.53. The molecule has 1 aliphatic rings. The van der Waals surface area contributed by atoms with Crippen LogP contribution in [0, 0.1) is 0 Å². The predicted octanol–water partition coefficient (Wildman–Crippen LogP) is 1.19. The van der Waals surface area contributed by atoms with Crippen molar-refractivity contribution in [1.82, 2.24) is 5.32 Å². The summed E-state index contributed by atoms with van der Waals surface area (Å²) in [6, 6.07) is 0. The standard InChI is InChI=1S/C12H24N2O2/c13-8-4-1-2-7-12(15)14-10-11-6-3-5-9-16-11/h11H,1-10,13H2,(H,14,15). The molecule has 0 aromatic rings. The molecule has 0 radical (unpaired) electrons. The van der Waals surface area contributed by atoms with Crippen molar-refractivity contribution < 1.29 is 9.53 Å². The first-order chi connectivity index (χ1) is 7.83. The SMILES string of the molecule is NCCCCCC(=O)NCC1CCCCO1. The van der Waals surface area contributed by atoms with Crippen LogP contribution in [0.15, 0.2) is 0 Å². The fraction of sp³-hybridized carbons (Fsp3) is 0.917.